The zero-order chi connectivity index (χ0) is 96.8. The largest absolute Gasteiger partial charge is 0.457 e. The maximum atomic E-state index is 12.2. The van der Waals surface area contributed by atoms with E-state index in [2.05, 4.69) is 98.1 Å². The molecule has 0 spiro atoms. The fourth-order valence-electron chi connectivity index (χ4n) is 13.6. The Morgan fingerprint density at radius 2 is 0.727 bits per heavy atom. The minimum atomic E-state index is -1.43. The Kier molecular flexibility index (Phi) is 39.0. The smallest absolute Gasteiger partial charge is 0.330 e. The van der Waals surface area contributed by atoms with Crippen molar-refractivity contribution in [2.75, 3.05) is 111 Å². The number of ether oxygens (including phenoxy) is 6. The number of esters is 1. The van der Waals surface area contributed by atoms with Crippen LogP contribution in [-0.2, 0) is 47.6 Å². The highest BCUT2D eigenvalue weighted by Crippen LogP contribution is 2.44. The van der Waals surface area contributed by atoms with E-state index in [9.17, 15) is 118 Å². The van der Waals surface area contributed by atoms with Crippen molar-refractivity contribution in [3.05, 3.63) is 167 Å². The second-order valence-electron chi connectivity index (χ2n) is 35.6. The summed E-state index contributed by atoms with van der Waals surface area (Å²) in [6.45, 7) is 22.7. The number of carbonyl (C=O) groups excluding carboxylic acids is 6. The van der Waals surface area contributed by atoms with Crippen LogP contribution in [0.4, 0.5) is 0 Å². The third kappa shape index (κ3) is 31.1. The molecule has 5 unspecified atom stereocenters. The first-order valence-corrected chi connectivity index (χ1v) is 55.9. The molecule has 714 valence electrons. The van der Waals surface area contributed by atoms with Gasteiger partial charge in [0, 0.05) is 50.0 Å². The normalized spacial score (nSPS) is 27.2. The second-order valence-corrected chi connectivity index (χ2v) is 57.2. The third-order valence-corrected chi connectivity index (χ3v) is 28.0. The molecule has 46 heteroatoms. The number of Topliss-reactive ketones (excluding diaryl/α,β-unsaturated/α-hetero) is 3. The quantitative estimate of drug-likeness (QED) is 0.00869. The highest BCUT2D eigenvalue weighted by atomic mass is 31.2. The van der Waals surface area contributed by atoms with Gasteiger partial charge < -0.3 is 95.4 Å². The zero-order valence-electron chi connectivity index (χ0n) is 74.4. The number of nitrogens with zero attached hydrogens (tertiary/aromatic N) is 5. The second kappa shape index (κ2) is 45.9. The first-order chi connectivity index (χ1) is 59.0. The van der Waals surface area contributed by atoms with E-state index >= 15 is 0 Å². The number of nitrogens with one attached hydrogen (secondary N) is 5. The molecule has 1 amide bonds. The molecule has 10 rings (SSSR count). The molecule has 4 aromatic heterocycles. The number of hydrogen-bond donors (Lipinski definition) is 16. The molecule has 20 atom stereocenters. The van der Waals surface area contributed by atoms with Gasteiger partial charge in [-0.3, -0.25) is 86.1 Å². The van der Waals surface area contributed by atoms with Gasteiger partial charge >= 0.3 is 28.7 Å². The van der Waals surface area contributed by atoms with E-state index in [4.69, 9.17) is 29.4 Å². The number of hydrogen-bond acceptors (Lipinski definition) is 32. The van der Waals surface area contributed by atoms with Crippen molar-refractivity contribution in [3.63, 3.8) is 0 Å². The standard InChI is InChI=1S/C17H25N2O8P.C17H25N2O7P.C17H25N2O6P.C16H26N3O5P.C15H25N2O4P/c1-9(20)26-8-11(21)10-7-19(17(25)18-15(10)24)16-14(23)13(22)12(27-16)5-6-28(2,3)4;1-9(20)7-11(21)10-8-19(17(25)18-15(10)24)16-14(23)13(22)12(26-16)5-6-27(2,3)4;1-10(20)5-6-11-9-19(17(24)18-15(11)23)16-14(22)13(21)12(25-16)7-8-26(2,3)4;1-25(2,3)8-6-11-12(20)13(21)15(24-11)19-9-10(5-4-7-17)14(22)18-16(19)23;1-9-8-17(10(2)16-14(9)20)15-13(19)12(18)11(21-15)6-7-22(3,4)5/h7,12-14,16,22-23H,2,5-6,8H2,1,3-4H3,(H,18,24,25);8,12-14,16,22-23H,2,5-7H2,1,3-4H3,(H,18,24,25);5-6,9,12-14,16,21-22H,2,7-8H2,1,3-4H3,(H,18,23,24);4-5,9,11-13,15,20-21H,1,6-8,17H2,2-3H3,(H,18,22,23);8,11-13,15,18-19H,2-3,6-7H2,1,4-5H3,(H,16,20)/b;;6-5+;5-4+;/t3*12?,13-,14-,16-;2*11?,12-,13-,15-/m11111/s1. The van der Waals surface area contributed by atoms with Crippen molar-refractivity contribution in [3.8, 4) is 0 Å². The number of nitrogens with two attached hydrogens (primary N) is 1. The van der Waals surface area contributed by atoms with Crippen molar-refractivity contribution < 1.29 is 108 Å². The molecule has 0 aliphatic carbocycles. The minimum absolute atomic E-state index is 0.0679. The van der Waals surface area contributed by atoms with Crippen LogP contribution in [-0.4, -0.2) is 369 Å². The molecule has 0 saturated carbocycles. The van der Waals surface area contributed by atoms with E-state index in [0.717, 1.165) is 62.2 Å². The summed E-state index contributed by atoms with van der Waals surface area (Å²) >= 11 is 0. The summed E-state index contributed by atoms with van der Waals surface area (Å²) in [6.07, 6.45) is 17.2. The molecular formula is C82H126N11O30P5. The molecule has 10 heterocycles. The van der Waals surface area contributed by atoms with Crippen molar-refractivity contribution >= 4 is 113 Å². The molecule has 6 aliphatic heterocycles. The number of H-pyrrole nitrogens is 4. The molecule has 128 heavy (non-hydrogen) atoms. The molecule has 5 fully saturated rings. The van der Waals surface area contributed by atoms with Gasteiger partial charge in [-0.2, -0.15) is 0 Å². The van der Waals surface area contributed by atoms with Gasteiger partial charge in [-0.1, -0.05) is 18.7 Å². The summed E-state index contributed by atoms with van der Waals surface area (Å²) in [5.74, 6) is -2.84. The van der Waals surface area contributed by atoms with Crippen LogP contribution in [0.3, 0.4) is 0 Å². The highest BCUT2D eigenvalue weighted by molar-refractivity contribution is 7.73. The van der Waals surface area contributed by atoms with Crippen molar-refractivity contribution in [1.29, 1.82) is 0 Å². The number of carbonyl (C=O) groups is 6. The van der Waals surface area contributed by atoms with E-state index in [1.165, 1.54) is 44.5 Å². The number of ketones is 4. The van der Waals surface area contributed by atoms with Crippen LogP contribution < -0.4 is 56.0 Å². The topological polar surface area (TPSA) is 621 Å². The lowest BCUT2D eigenvalue weighted by molar-refractivity contribution is -0.139. The van der Waals surface area contributed by atoms with E-state index in [-0.39, 0.29) is 34.9 Å². The van der Waals surface area contributed by atoms with E-state index < -0.39 is 244 Å². The highest BCUT2D eigenvalue weighted by Gasteiger charge is 2.50. The van der Waals surface area contributed by atoms with Gasteiger partial charge in [0.1, 0.15) is 78.2 Å². The van der Waals surface area contributed by atoms with Crippen LogP contribution in [0.25, 0.3) is 12.2 Å². The number of allylic oxidation sites excluding steroid dienone is 1. The number of aromatic amines is 4. The van der Waals surface area contributed by atoms with Gasteiger partial charge in [0.25, 0.3) is 28.1 Å². The average molecular weight is 1900 g/mol. The Hall–Kier alpha value is -8.04. The van der Waals surface area contributed by atoms with Crippen molar-refractivity contribution in [2.24, 2.45) is 5.73 Å². The molecule has 4 aromatic rings. The summed E-state index contributed by atoms with van der Waals surface area (Å²) in [4.78, 5) is 175. The SMILES string of the molecule is C=C1NC(=O)C(C)=CN1[C@@H]1OC(CCP(=C)(C)C)[C@@H](O)[C@H]1O.C=P(C)(C)CCC1O[C@@H](n2cc(/C=C/C(C)=O)c(=O)[nH]c2=O)[C@H](O)[C@@H]1O.C=P(C)(C)CCC1O[C@@H](n2cc(/C=C/CN)c(=O)[nH]c2=O)[C@H](O)[C@@H]1O.C=P(C)(C)CCC1O[C@@H](n2cc(C(=O)CC(C)=O)c(=O)[nH]c2=O)[C@H](O)[C@@H]1O.C=P(C)(C)CCC1O[C@@H](n2cc(C(=O)COC(C)=O)c(=O)[nH]c2=O)[C@H](O)[C@@H]1O. The van der Waals surface area contributed by atoms with E-state index in [1.54, 1.807) is 24.1 Å². The summed E-state index contributed by atoms with van der Waals surface area (Å²) < 4.78 is 37.0. The molecule has 0 aromatic carbocycles. The molecule has 5 saturated heterocycles. The van der Waals surface area contributed by atoms with Crippen LogP contribution in [0, 0.1) is 0 Å². The summed E-state index contributed by atoms with van der Waals surface area (Å²) in [5, 5.41) is 105. The van der Waals surface area contributed by atoms with Crippen LogP contribution in [0.2, 0.25) is 0 Å². The van der Waals surface area contributed by atoms with Gasteiger partial charge in [0.2, 0.25) is 5.78 Å². The van der Waals surface area contributed by atoms with Gasteiger partial charge in [0.15, 0.2) is 49.3 Å². The zero-order valence-corrected chi connectivity index (χ0v) is 78.8. The van der Waals surface area contributed by atoms with Crippen molar-refractivity contribution in [2.45, 2.75) is 189 Å². The van der Waals surface area contributed by atoms with Crippen molar-refractivity contribution in [1.82, 2.24) is 48.4 Å². The fraction of sp³-hybridized carbons (Fsp3) is 0.573. The van der Waals surface area contributed by atoms with Gasteiger partial charge in [-0.05, 0) is 162 Å². The Labute approximate surface area is 738 Å². The number of amides is 1. The first kappa shape index (κ1) is 109. The Morgan fingerprint density at radius 1 is 0.438 bits per heavy atom. The molecule has 6 aliphatic rings. The Balaban J connectivity index is 0.000000247. The number of aliphatic hydroxyl groups is 10. The predicted octanol–water partition coefficient (Wildman–Crippen LogP) is -2.16. The monoisotopic (exact) mass is 1900 g/mol. The minimum Gasteiger partial charge on any atom is -0.457 e. The average Bonchev–Trinajstić information content (AvgIpc) is 1.46. The molecule has 41 nitrogen and oxygen atoms in total. The van der Waals surface area contributed by atoms with Gasteiger partial charge in [-0.25, -0.2) is 19.2 Å². The molecule has 0 radical (unpaired) electrons. The first-order valence-electron chi connectivity index (χ1n) is 40.6. The van der Waals surface area contributed by atoms with Gasteiger partial charge in [-0.15, -0.1) is 65.9 Å². The van der Waals surface area contributed by atoms with Crippen LogP contribution >= 0.6 is 34.4 Å². The molecule has 0 bridgehead atoms. The van der Waals surface area contributed by atoms with Crippen LogP contribution in [0.1, 0.15) is 123 Å². The molecule has 17 N–H and O–H groups in total. The Morgan fingerprint density at radius 3 is 1.02 bits per heavy atom. The van der Waals surface area contributed by atoms with E-state index in [0.29, 0.717) is 49.7 Å². The fourth-order valence-corrected chi connectivity index (χ4v) is 18.3. The maximum Gasteiger partial charge on any atom is 0.330 e. The van der Waals surface area contributed by atoms with E-state index in [1.807, 2.05) is 36.6 Å². The lowest BCUT2D eigenvalue weighted by Gasteiger charge is -2.34. The lowest BCUT2D eigenvalue weighted by atomic mass is 10.1. The van der Waals surface area contributed by atoms with Crippen LogP contribution in [0.15, 0.2) is 99.5 Å². The number of aromatic nitrogens is 8. The Bertz CT molecular complexity index is 5570. The number of aliphatic hydroxyl groups excluding tert-OH is 10. The number of rotatable bonds is 30. The third-order valence-electron chi connectivity index (χ3n) is 20.7. The summed E-state index contributed by atoms with van der Waals surface area (Å²) in [5.41, 5.74) is -1.03. The molecular weight excluding hydrogens is 1770 g/mol. The summed E-state index contributed by atoms with van der Waals surface area (Å²) in [7, 11) is 0. The lowest BCUT2D eigenvalue weighted by Crippen LogP contribution is -2.47. The van der Waals surface area contributed by atoms with Crippen LogP contribution in [0.5, 0.6) is 0 Å². The van der Waals surface area contributed by atoms with Gasteiger partial charge in [0.05, 0.1) is 53.6 Å². The maximum absolute atomic E-state index is 12.2. The predicted molar refractivity (Wildman–Crippen MR) is 498 cm³/mol. The summed E-state index contributed by atoms with van der Waals surface area (Å²) in [6, 6.07) is 0.